The SMILES string of the molecule is COc1ccc(CNCC(C)(C)CCC#N)cn1. The molecule has 0 amide bonds. The number of hydrogen-bond acceptors (Lipinski definition) is 4. The van der Waals surface area contributed by atoms with Crippen molar-refractivity contribution in [2.75, 3.05) is 13.7 Å². The Morgan fingerprint density at radius 1 is 1.44 bits per heavy atom. The largest absolute Gasteiger partial charge is 0.481 e. The molecule has 0 fully saturated rings. The predicted molar refractivity (Wildman–Crippen MR) is 71.1 cm³/mol. The second-order valence-electron chi connectivity index (χ2n) is 5.13. The molecule has 0 atom stereocenters. The molecule has 1 rings (SSSR count). The van der Waals surface area contributed by atoms with E-state index >= 15 is 0 Å². The summed E-state index contributed by atoms with van der Waals surface area (Å²) >= 11 is 0. The minimum absolute atomic E-state index is 0.148. The van der Waals surface area contributed by atoms with Crippen LogP contribution in [0.5, 0.6) is 5.88 Å². The third-order valence-electron chi connectivity index (χ3n) is 2.85. The Kier molecular flexibility index (Phi) is 5.60. The van der Waals surface area contributed by atoms with E-state index in [1.54, 1.807) is 7.11 Å². The van der Waals surface area contributed by atoms with Crippen LogP contribution in [0.25, 0.3) is 0 Å². The van der Waals surface area contributed by atoms with E-state index in [9.17, 15) is 0 Å². The fourth-order valence-electron chi connectivity index (χ4n) is 1.66. The Morgan fingerprint density at radius 3 is 2.78 bits per heavy atom. The molecule has 1 aromatic rings. The molecule has 1 heterocycles. The number of aromatic nitrogens is 1. The van der Waals surface area contributed by atoms with Crippen molar-refractivity contribution in [2.45, 2.75) is 33.2 Å². The highest BCUT2D eigenvalue weighted by Gasteiger charge is 2.16. The second-order valence-corrected chi connectivity index (χ2v) is 5.13. The summed E-state index contributed by atoms with van der Waals surface area (Å²) in [5.41, 5.74) is 1.28. The molecular weight excluding hydrogens is 226 g/mol. The average molecular weight is 247 g/mol. The highest BCUT2D eigenvalue weighted by Crippen LogP contribution is 2.20. The maximum atomic E-state index is 8.59. The van der Waals surface area contributed by atoms with Crippen LogP contribution in [-0.4, -0.2) is 18.6 Å². The maximum Gasteiger partial charge on any atom is 0.212 e. The Bertz CT molecular complexity index is 392. The van der Waals surface area contributed by atoms with E-state index in [1.807, 2.05) is 18.3 Å². The number of rotatable bonds is 7. The van der Waals surface area contributed by atoms with Gasteiger partial charge in [0.05, 0.1) is 13.2 Å². The molecule has 0 unspecified atom stereocenters. The maximum absolute atomic E-state index is 8.59. The van der Waals surface area contributed by atoms with Crippen LogP contribution in [-0.2, 0) is 6.54 Å². The number of hydrogen-bond donors (Lipinski definition) is 1. The average Bonchev–Trinajstić information content (AvgIpc) is 2.37. The van der Waals surface area contributed by atoms with Gasteiger partial charge in [-0.3, -0.25) is 0 Å². The van der Waals surface area contributed by atoms with E-state index in [2.05, 4.69) is 30.2 Å². The smallest absolute Gasteiger partial charge is 0.212 e. The molecule has 18 heavy (non-hydrogen) atoms. The highest BCUT2D eigenvalue weighted by atomic mass is 16.5. The van der Waals surface area contributed by atoms with E-state index in [0.29, 0.717) is 12.3 Å². The van der Waals surface area contributed by atoms with Crippen LogP contribution in [0.4, 0.5) is 0 Å². The Labute approximate surface area is 109 Å². The lowest BCUT2D eigenvalue weighted by Crippen LogP contribution is -2.29. The van der Waals surface area contributed by atoms with E-state index in [-0.39, 0.29) is 5.41 Å². The van der Waals surface area contributed by atoms with Gasteiger partial charge in [0.1, 0.15) is 0 Å². The summed E-state index contributed by atoms with van der Waals surface area (Å²) in [6.07, 6.45) is 3.34. The van der Waals surface area contributed by atoms with Crippen molar-refractivity contribution < 1.29 is 4.74 Å². The van der Waals surface area contributed by atoms with Crippen LogP contribution < -0.4 is 10.1 Å². The topological polar surface area (TPSA) is 57.9 Å². The molecule has 1 N–H and O–H groups in total. The van der Waals surface area contributed by atoms with Crippen LogP contribution in [0.2, 0.25) is 0 Å². The van der Waals surface area contributed by atoms with Gasteiger partial charge in [0, 0.05) is 31.8 Å². The van der Waals surface area contributed by atoms with Gasteiger partial charge in [-0.1, -0.05) is 19.9 Å². The van der Waals surface area contributed by atoms with Gasteiger partial charge in [-0.05, 0) is 17.4 Å². The monoisotopic (exact) mass is 247 g/mol. The lowest BCUT2D eigenvalue weighted by atomic mass is 9.88. The van der Waals surface area contributed by atoms with Crippen molar-refractivity contribution in [3.63, 3.8) is 0 Å². The van der Waals surface area contributed by atoms with Gasteiger partial charge in [0.15, 0.2) is 0 Å². The van der Waals surface area contributed by atoms with Crippen LogP contribution in [0, 0.1) is 16.7 Å². The Morgan fingerprint density at radius 2 is 2.22 bits per heavy atom. The van der Waals surface area contributed by atoms with Crippen LogP contribution in [0.15, 0.2) is 18.3 Å². The summed E-state index contributed by atoms with van der Waals surface area (Å²) in [6.45, 7) is 6.01. The molecule has 0 aliphatic heterocycles. The first-order valence-electron chi connectivity index (χ1n) is 6.14. The van der Waals surface area contributed by atoms with Gasteiger partial charge < -0.3 is 10.1 Å². The summed E-state index contributed by atoms with van der Waals surface area (Å²) < 4.78 is 5.01. The van der Waals surface area contributed by atoms with Gasteiger partial charge in [-0.15, -0.1) is 0 Å². The fourth-order valence-corrected chi connectivity index (χ4v) is 1.66. The van der Waals surface area contributed by atoms with Crippen molar-refractivity contribution in [3.05, 3.63) is 23.9 Å². The molecule has 1 aromatic heterocycles. The van der Waals surface area contributed by atoms with Gasteiger partial charge >= 0.3 is 0 Å². The first kappa shape index (κ1) is 14.5. The number of methoxy groups -OCH3 is 1. The molecular formula is C14H21N3O. The standard InChI is InChI=1S/C14H21N3O/c1-14(2,7-4-8-15)11-16-9-12-5-6-13(18-3)17-10-12/h5-6,10,16H,4,7,9,11H2,1-3H3. The van der Waals surface area contributed by atoms with Gasteiger partial charge in [0.2, 0.25) is 5.88 Å². The number of nitrogens with one attached hydrogen (secondary N) is 1. The highest BCUT2D eigenvalue weighted by molar-refractivity contribution is 5.17. The Balaban J connectivity index is 2.34. The second kappa shape index (κ2) is 6.97. The predicted octanol–water partition coefficient (Wildman–Crippen LogP) is 2.51. The number of pyridine rings is 1. The molecule has 4 nitrogen and oxygen atoms in total. The lowest BCUT2D eigenvalue weighted by molar-refractivity contribution is 0.317. The molecule has 0 radical (unpaired) electrons. The molecule has 0 saturated heterocycles. The molecule has 0 aliphatic carbocycles. The number of nitrogens with zero attached hydrogens (tertiary/aromatic N) is 2. The summed E-state index contributed by atoms with van der Waals surface area (Å²) in [5, 5.41) is 12.0. The molecule has 98 valence electrons. The Hall–Kier alpha value is -1.60. The third kappa shape index (κ3) is 5.15. The molecule has 0 aliphatic rings. The zero-order chi connectivity index (χ0) is 13.4. The summed E-state index contributed by atoms with van der Waals surface area (Å²) in [4.78, 5) is 4.16. The number of ether oxygens (including phenoxy) is 1. The van der Waals surface area contributed by atoms with E-state index in [4.69, 9.17) is 10.00 Å². The minimum Gasteiger partial charge on any atom is -0.481 e. The summed E-state index contributed by atoms with van der Waals surface area (Å²) in [6, 6.07) is 6.05. The van der Waals surface area contributed by atoms with Gasteiger partial charge in [0.25, 0.3) is 0 Å². The van der Waals surface area contributed by atoms with Crippen molar-refractivity contribution >= 4 is 0 Å². The summed E-state index contributed by atoms with van der Waals surface area (Å²) in [7, 11) is 1.61. The molecule has 4 heteroatoms. The van der Waals surface area contributed by atoms with Crippen molar-refractivity contribution in [1.29, 1.82) is 5.26 Å². The third-order valence-corrected chi connectivity index (χ3v) is 2.85. The van der Waals surface area contributed by atoms with Crippen LogP contribution in [0.3, 0.4) is 0 Å². The zero-order valence-electron chi connectivity index (χ0n) is 11.4. The van der Waals surface area contributed by atoms with Gasteiger partial charge in [-0.25, -0.2) is 4.98 Å². The molecule has 0 aromatic carbocycles. The van der Waals surface area contributed by atoms with Crippen molar-refractivity contribution in [1.82, 2.24) is 10.3 Å². The first-order chi connectivity index (χ1) is 8.57. The number of nitriles is 1. The van der Waals surface area contributed by atoms with Crippen molar-refractivity contribution in [3.8, 4) is 11.9 Å². The molecule has 0 bridgehead atoms. The lowest BCUT2D eigenvalue weighted by Gasteiger charge is -2.23. The van der Waals surface area contributed by atoms with E-state index < -0.39 is 0 Å². The van der Waals surface area contributed by atoms with Crippen LogP contribution >= 0.6 is 0 Å². The fraction of sp³-hybridized carbons (Fsp3) is 0.571. The van der Waals surface area contributed by atoms with Crippen LogP contribution in [0.1, 0.15) is 32.3 Å². The van der Waals surface area contributed by atoms with Gasteiger partial charge in [-0.2, -0.15) is 5.26 Å². The summed E-state index contributed by atoms with van der Waals surface area (Å²) in [5.74, 6) is 0.633. The van der Waals surface area contributed by atoms with E-state index in [0.717, 1.165) is 25.1 Å². The van der Waals surface area contributed by atoms with E-state index in [1.165, 1.54) is 0 Å². The quantitative estimate of drug-likeness (QED) is 0.804. The zero-order valence-corrected chi connectivity index (χ0v) is 11.4. The normalized spacial score (nSPS) is 11.0. The first-order valence-corrected chi connectivity index (χ1v) is 6.14. The van der Waals surface area contributed by atoms with Crippen molar-refractivity contribution in [2.24, 2.45) is 5.41 Å². The molecule has 0 spiro atoms. The molecule has 0 saturated carbocycles. The minimum atomic E-state index is 0.148.